The third-order valence-corrected chi connectivity index (χ3v) is 1.59. The standard InChI is InChI=1S/C7H15NS2.Na/c1-2-3-4-5-6-8-7(9)10;/h2-6H2,1H3,(H2,8,9,10);/q;+1/p-1. The van der Waals surface area contributed by atoms with E-state index in [2.05, 4.69) is 37.1 Å². The SMILES string of the molecule is CCCCCCNC(=S)[S-].[Na+]. The molecular weight excluding hydrogens is 185 g/mol. The molecule has 0 saturated heterocycles. The zero-order valence-electron chi connectivity index (χ0n) is 7.35. The van der Waals surface area contributed by atoms with Crippen LogP contribution < -0.4 is 34.9 Å². The van der Waals surface area contributed by atoms with Crippen molar-refractivity contribution in [3.05, 3.63) is 0 Å². The molecular formula is C7H14NNaS2. The molecule has 0 aromatic carbocycles. The molecule has 0 aliphatic carbocycles. The fraction of sp³-hybridized carbons (Fsp3) is 0.857. The van der Waals surface area contributed by atoms with Gasteiger partial charge in [0.2, 0.25) is 0 Å². The van der Waals surface area contributed by atoms with Gasteiger partial charge in [-0.1, -0.05) is 30.5 Å². The van der Waals surface area contributed by atoms with Crippen LogP contribution in [-0.4, -0.2) is 10.9 Å². The fourth-order valence-corrected chi connectivity index (χ4v) is 0.946. The van der Waals surface area contributed by atoms with Crippen molar-refractivity contribution in [1.29, 1.82) is 0 Å². The van der Waals surface area contributed by atoms with Gasteiger partial charge in [0.15, 0.2) is 0 Å². The quantitative estimate of drug-likeness (QED) is 0.264. The number of nitrogens with one attached hydrogen (secondary N) is 1. The number of hydrogen-bond acceptors (Lipinski definition) is 2. The summed E-state index contributed by atoms with van der Waals surface area (Å²) >= 11 is 9.35. The summed E-state index contributed by atoms with van der Waals surface area (Å²) in [6, 6.07) is 0. The molecule has 0 amide bonds. The van der Waals surface area contributed by atoms with Crippen molar-refractivity contribution in [3.63, 3.8) is 0 Å². The minimum Gasteiger partial charge on any atom is -0.412 e. The van der Waals surface area contributed by atoms with Crippen LogP contribution >= 0.6 is 12.2 Å². The Balaban J connectivity index is 0. The van der Waals surface area contributed by atoms with Gasteiger partial charge in [0.1, 0.15) is 0 Å². The zero-order valence-corrected chi connectivity index (χ0v) is 11.0. The van der Waals surface area contributed by atoms with Crippen LogP contribution in [0.3, 0.4) is 0 Å². The molecule has 0 aromatic heterocycles. The van der Waals surface area contributed by atoms with Crippen molar-refractivity contribution < 1.29 is 29.6 Å². The van der Waals surface area contributed by atoms with E-state index in [0.29, 0.717) is 4.32 Å². The molecule has 0 fully saturated rings. The summed E-state index contributed by atoms with van der Waals surface area (Å²) in [5.41, 5.74) is 0. The summed E-state index contributed by atoms with van der Waals surface area (Å²) in [5, 5.41) is 2.95. The van der Waals surface area contributed by atoms with Gasteiger partial charge in [-0.2, -0.15) is 0 Å². The van der Waals surface area contributed by atoms with Gasteiger partial charge in [0, 0.05) is 6.54 Å². The van der Waals surface area contributed by atoms with Crippen LogP contribution in [0.5, 0.6) is 0 Å². The maximum atomic E-state index is 4.68. The van der Waals surface area contributed by atoms with Gasteiger partial charge in [0.05, 0.1) is 0 Å². The molecule has 11 heavy (non-hydrogen) atoms. The molecule has 0 unspecified atom stereocenters. The van der Waals surface area contributed by atoms with Crippen molar-refractivity contribution >= 4 is 29.2 Å². The summed E-state index contributed by atoms with van der Waals surface area (Å²) in [6.45, 7) is 3.15. The zero-order chi connectivity index (χ0) is 7.82. The third kappa shape index (κ3) is 14.0. The Bertz CT molecular complexity index is 98.4. The number of hydrogen-bond donors (Lipinski definition) is 1. The Morgan fingerprint density at radius 1 is 1.36 bits per heavy atom. The second kappa shape index (κ2) is 11.1. The Kier molecular flexibility index (Phi) is 14.8. The first-order valence-corrected chi connectivity index (χ1v) is 4.54. The molecule has 0 saturated carbocycles. The molecule has 0 aromatic rings. The largest absolute Gasteiger partial charge is 1.00 e. The Labute approximate surface area is 102 Å². The minimum absolute atomic E-state index is 0. The molecule has 0 radical (unpaired) electrons. The van der Waals surface area contributed by atoms with Crippen LogP contribution in [-0.2, 0) is 12.6 Å². The Hall–Kier alpha value is 1.11. The molecule has 1 N–H and O–H groups in total. The fourth-order valence-electron chi connectivity index (χ4n) is 0.742. The maximum absolute atomic E-state index is 4.68. The second-order valence-electron chi connectivity index (χ2n) is 2.27. The summed E-state index contributed by atoms with van der Waals surface area (Å²) in [4.78, 5) is 0. The molecule has 0 heterocycles. The molecule has 60 valence electrons. The number of rotatable bonds is 5. The average Bonchev–Trinajstić information content (AvgIpc) is 1.87. The van der Waals surface area contributed by atoms with E-state index in [0.717, 1.165) is 6.54 Å². The number of thiocarbonyl (C=S) groups is 1. The first-order valence-electron chi connectivity index (χ1n) is 3.72. The molecule has 0 rings (SSSR count). The monoisotopic (exact) mass is 199 g/mol. The second-order valence-corrected chi connectivity index (χ2v) is 3.35. The molecule has 0 aliphatic heterocycles. The minimum atomic E-state index is 0. The average molecular weight is 199 g/mol. The van der Waals surface area contributed by atoms with Crippen LogP contribution in [0.2, 0.25) is 0 Å². The summed E-state index contributed by atoms with van der Waals surface area (Å²) in [5.74, 6) is 0. The first kappa shape index (κ1) is 14.6. The molecule has 0 spiro atoms. The third-order valence-electron chi connectivity index (χ3n) is 1.30. The van der Waals surface area contributed by atoms with E-state index < -0.39 is 0 Å². The van der Waals surface area contributed by atoms with Crippen molar-refractivity contribution in [3.8, 4) is 0 Å². The van der Waals surface area contributed by atoms with E-state index in [-0.39, 0.29) is 29.6 Å². The van der Waals surface area contributed by atoms with E-state index >= 15 is 0 Å². The topological polar surface area (TPSA) is 12.0 Å². The van der Waals surface area contributed by atoms with Gasteiger partial charge in [-0.05, 0) is 6.42 Å². The predicted octanol–water partition coefficient (Wildman–Crippen LogP) is -1.01. The van der Waals surface area contributed by atoms with E-state index in [1.807, 2.05) is 0 Å². The van der Waals surface area contributed by atoms with E-state index in [1.165, 1.54) is 25.7 Å². The number of unbranched alkanes of at least 4 members (excludes halogenated alkanes) is 3. The van der Waals surface area contributed by atoms with Gasteiger partial charge in [-0.15, -0.1) is 0 Å². The molecule has 1 nitrogen and oxygen atoms in total. The molecule has 4 heteroatoms. The first-order chi connectivity index (χ1) is 4.77. The van der Waals surface area contributed by atoms with E-state index in [1.54, 1.807) is 0 Å². The maximum Gasteiger partial charge on any atom is 1.00 e. The predicted molar refractivity (Wildman–Crippen MR) is 52.1 cm³/mol. The summed E-state index contributed by atoms with van der Waals surface area (Å²) in [6.07, 6.45) is 5.05. The summed E-state index contributed by atoms with van der Waals surface area (Å²) < 4.78 is 0.497. The Morgan fingerprint density at radius 2 is 2.00 bits per heavy atom. The van der Waals surface area contributed by atoms with Gasteiger partial charge in [-0.3, -0.25) is 0 Å². The van der Waals surface area contributed by atoms with Gasteiger partial charge >= 0.3 is 29.6 Å². The van der Waals surface area contributed by atoms with Gasteiger partial charge in [0.25, 0.3) is 0 Å². The van der Waals surface area contributed by atoms with Crippen LogP contribution in [0.1, 0.15) is 32.6 Å². The van der Waals surface area contributed by atoms with Crippen LogP contribution in [0.25, 0.3) is 0 Å². The molecule has 0 atom stereocenters. The normalized spacial score (nSPS) is 8.45. The Morgan fingerprint density at radius 3 is 2.45 bits per heavy atom. The van der Waals surface area contributed by atoms with Crippen molar-refractivity contribution in [2.45, 2.75) is 32.6 Å². The van der Waals surface area contributed by atoms with Crippen molar-refractivity contribution in [1.82, 2.24) is 5.32 Å². The molecule has 0 bridgehead atoms. The summed E-state index contributed by atoms with van der Waals surface area (Å²) in [7, 11) is 0. The van der Waals surface area contributed by atoms with Crippen LogP contribution in [0.15, 0.2) is 0 Å². The van der Waals surface area contributed by atoms with Gasteiger partial charge in [-0.25, -0.2) is 0 Å². The van der Waals surface area contributed by atoms with Crippen LogP contribution in [0.4, 0.5) is 0 Å². The van der Waals surface area contributed by atoms with Gasteiger partial charge < -0.3 is 30.2 Å². The van der Waals surface area contributed by atoms with E-state index in [9.17, 15) is 0 Å². The smallest absolute Gasteiger partial charge is 0.412 e. The van der Waals surface area contributed by atoms with Crippen molar-refractivity contribution in [2.24, 2.45) is 0 Å². The molecule has 0 aliphatic rings. The van der Waals surface area contributed by atoms with Crippen LogP contribution in [0, 0.1) is 0 Å². The van der Waals surface area contributed by atoms with Crippen molar-refractivity contribution in [2.75, 3.05) is 6.54 Å². The van der Waals surface area contributed by atoms with E-state index in [4.69, 9.17) is 0 Å².